The standard InChI is InChI=1S/C18H14ClF3N4O5/c19-12-2-3-13(15(10-12)25(28)29)17(27)24-7-5-23(6-8-24)14-4-1-11(18(20,21)22)9-16(14)26(30)31/h1-4,9-10H,5-8H2. The smallest absolute Gasteiger partial charge is 0.362 e. The predicted molar refractivity (Wildman–Crippen MR) is 104 cm³/mol. The molecule has 1 aliphatic heterocycles. The van der Waals surface area contributed by atoms with E-state index in [1.165, 1.54) is 21.9 Å². The number of anilines is 1. The first kappa shape index (κ1) is 22.3. The molecule has 9 nitrogen and oxygen atoms in total. The van der Waals surface area contributed by atoms with Crippen LogP contribution in [-0.2, 0) is 6.18 Å². The van der Waals surface area contributed by atoms with Crippen LogP contribution < -0.4 is 4.90 Å². The number of hydrogen-bond acceptors (Lipinski definition) is 6. The Bertz CT molecular complexity index is 1050. The Balaban J connectivity index is 1.79. The zero-order valence-electron chi connectivity index (χ0n) is 15.6. The molecule has 0 saturated carbocycles. The van der Waals surface area contributed by atoms with Crippen LogP contribution in [-0.4, -0.2) is 46.8 Å². The predicted octanol–water partition coefficient (Wildman–Crippen LogP) is 4.14. The van der Waals surface area contributed by atoms with Gasteiger partial charge in [0, 0.05) is 43.3 Å². The fourth-order valence-corrected chi connectivity index (χ4v) is 3.44. The van der Waals surface area contributed by atoms with E-state index < -0.39 is 38.9 Å². The van der Waals surface area contributed by atoms with Gasteiger partial charge in [-0.3, -0.25) is 25.0 Å². The number of amides is 1. The molecule has 0 N–H and O–H groups in total. The van der Waals surface area contributed by atoms with Crippen molar-refractivity contribution in [2.45, 2.75) is 6.18 Å². The first-order valence-electron chi connectivity index (χ1n) is 8.83. The quantitative estimate of drug-likeness (QED) is 0.503. The van der Waals surface area contributed by atoms with Crippen LogP contribution in [0.4, 0.5) is 30.2 Å². The molecular weight excluding hydrogens is 445 g/mol. The second kappa shape index (κ2) is 8.38. The third-order valence-electron chi connectivity index (χ3n) is 4.79. The van der Waals surface area contributed by atoms with Gasteiger partial charge in [-0.25, -0.2) is 0 Å². The van der Waals surface area contributed by atoms with Gasteiger partial charge < -0.3 is 9.80 Å². The van der Waals surface area contributed by atoms with Gasteiger partial charge in [-0.2, -0.15) is 13.2 Å². The summed E-state index contributed by atoms with van der Waals surface area (Å²) in [7, 11) is 0. The summed E-state index contributed by atoms with van der Waals surface area (Å²) in [6, 6.07) is 5.93. The molecule has 1 saturated heterocycles. The first-order valence-corrected chi connectivity index (χ1v) is 9.20. The fraction of sp³-hybridized carbons (Fsp3) is 0.278. The maximum absolute atomic E-state index is 12.9. The molecule has 0 spiro atoms. The lowest BCUT2D eigenvalue weighted by Gasteiger charge is -2.35. The lowest BCUT2D eigenvalue weighted by atomic mass is 10.1. The van der Waals surface area contributed by atoms with Gasteiger partial charge in [-0.15, -0.1) is 0 Å². The Morgan fingerprint density at radius 3 is 2.10 bits per heavy atom. The van der Waals surface area contributed by atoms with Crippen molar-refractivity contribution in [3.8, 4) is 0 Å². The number of halogens is 4. The highest BCUT2D eigenvalue weighted by Gasteiger charge is 2.35. The van der Waals surface area contributed by atoms with Gasteiger partial charge in [0.25, 0.3) is 17.3 Å². The fourth-order valence-electron chi connectivity index (χ4n) is 3.27. The number of carbonyl (C=O) groups is 1. The van der Waals surface area contributed by atoms with E-state index in [2.05, 4.69) is 0 Å². The lowest BCUT2D eigenvalue weighted by Crippen LogP contribution is -2.49. The average molecular weight is 459 g/mol. The molecule has 0 atom stereocenters. The first-order chi connectivity index (χ1) is 14.5. The summed E-state index contributed by atoms with van der Waals surface area (Å²) in [5.74, 6) is -0.607. The number of nitrogens with zero attached hydrogens (tertiary/aromatic N) is 4. The highest BCUT2D eigenvalue weighted by atomic mass is 35.5. The Morgan fingerprint density at radius 1 is 0.935 bits per heavy atom. The Morgan fingerprint density at radius 2 is 1.55 bits per heavy atom. The van der Waals surface area contributed by atoms with Gasteiger partial charge in [-0.1, -0.05) is 11.6 Å². The van der Waals surface area contributed by atoms with Crippen molar-refractivity contribution in [2.75, 3.05) is 31.1 Å². The summed E-state index contributed by atoms with van der Waals surface area (Å²) in [5.41, 5.74) is -2.42. The van der Waals surface area contributed by atoms with E-state index in [9.17, 15) is 38.2 Å². The second-order valence-electron chi connectivity index (χ2n) is 6.66. The van der Waals surface area contributed by atoms with Gasteiger partial charge in [0.2, 0.25) is 0 Å². The van der Waals surface area contributed by atoms with Crippen molar-refractivity contribution < 1.29 is 27.8 Å². The Labute approximate surface area is 177 Å². The molecule has 0 radical (unpaired) electrons. The normalized spacial score (nSPS) is 14.5. The van der Waals surface area contributed by atoms with Crippen LogP contribution in [0.5, 0.6) is 0 Å². The number of benzene rings is 2. The van der Waals surface area contributed by atoms with E-state index >= 15 is 0 Å². The molecule has 164 valence electrons. The molecule has 2 aromatic carbocycles. The van der Waals surface area contributed by atoms with Crippen LogP contribution >= 0.6 is 11.6 Å². The molecular formula is C18H14ClF3N4O5. The Kier molecular flexibility index (Phi) is 6.02. The molecule has 2 aromatic rings. The number of piperazine rings is 1. The summed E-state index contributed by atoms with van der Waals surface area (Å²) >= 11 is 5.76. The second-order valence-corrected chi connectivity index (χ2v) is 7.09. The van der Waals surface area contributed by atoms with Crippen molar-refractivity contribution in [2.24, 2.45) is 0 Å². The third kappa shape index (κ3) is 4.68. The number of hydrogen-bond donors (Lipinski definition) is 0. The molecule has 1 aliphatic rings. The maximum Gasteiger partial charge on any atom is 0.416 e. The summed E-state index contributed by atoms with van der Waals surface area (Å²) in [4.78, 5) is 36.5. The zero-order valence-corrected chi connectivity index (χ0v) is 16.4. The van der Waals surface area contributed by atoms with Crippen LogP contribution in [0.2, 0.25) is 5.02 Å². The average Bonchev–Trinajstić information content (AvgIpc) is 2.72. The molecule has 0 aromatic heterocycles. The van der Waals surface area contributed by atoms with Gasteiger partial charge in [0.15, 0.2) is 0 Å². The molecule has 3 rings (SSSR count). The van der Waals surface area contributed by atoms with E-state index in [0.29, 0.717) is 6.07 Å². The van der Waals surface area contributed by atoms with Crippen molar-refractivity contribution >= 4 is 34.6 Å². The molecule has 13 heteroatoms. The van der Waals surface area contributed by atoms with E-state index in [1.807, 2.05) is 0 Å². The monoisotopic (exact) mass is 458 g/mol. The topological polar surface area (TPSA) is 110 Å². The van der Waals surface area contributed by atoms with Gasteiger partial charge >= 0.3 is 6.18 Å². The third-order valence-corrected chi connectivity index (χ3v) is 5.03. The molecule has 0 aliphatic carbocycles. The van der Waals surface area contributed by atoms with Crippen molar-refractivity contribution in [3.05, 3.63) is 72.8 Å². The van der Waals surface area contributed by atoms with Gasteiger partial charge in [0.1, 0.15) is 11.3 Å². The summed E-state index contributed by atoms with van der Waals surface area (Å²) in [6.07, 6.45) is -4.72. The van der Waals surface area contributed by atoms with Crippen LogP contribution in [0.25, 0.3) is 0 Å². The minimum absolute atomic E-state index is 0.00238. The van der Waals surface area contributed by atoms with E-state index in [0.717, 1.165) is 18.2 Å². The number of alkyl halides is 3. The SMILES string of the molecule is O=C(c1ccc(Cl)cc1[N+](=O)[O-])N1CCN(c2ccc(C(F)(F)F)cc2[N+](=O)[O-])CC1. The van der Waals surface area contributed by atoms with Gasteiger partial charge in [0.05, 0.1) is 15.4 Å². The van der Waals surface area contributed by atoms with Crippen LogP contribution in [0, 0.1) is 20.2 Å². The molecule has 1 fully saturated rings. The van der Waals surface area contributed by atoms with Crippen LogP contribution in [0.3, 0.4) is 0 Å². The number of nitro groups is 2. The zero-order chi connectivity index (χ0) is 22.9. The summed E-state index contributed by atoms with van der Waals surface area (Å²) in [6.45, 7) is 0.326. The van der Waals surface area contributed by atoms with E-state index in [-0.39, 0.29) is 42.5 Å². The van der Waals surface area contributed by atoms with Gasteiger partial charge in [-0.05, 0) is 24.3 Å². The largest absolute Gasteiger partial charge is 0.416 e. The van der Waals surface area contributed by atoms with E-state index in [4.69, 9.17) is 11.6 Å². The molecule has 1 amide bonds. The minimum Gasteiger partial charge on any atom is -0.362 e. The van der Waals surface area contributed by atoms with Crippen molar-refractivity contribution in [3.63, 3.8) is 0 Å². The summed E-state index contributed by atoms with van der Waals surface area (Å²) in [5, 5.41) is 22.6. The van der Waals surface area contributed by atoms with Crippen LogP contribution in [0.15, 0.2) is 36.4 Å². The molecule has 31 heavy (non-hydrogen) atoms. The molecule has 0 unspecified atom stereocenters. The highest BCUT2D eigenvalue weighted by molar-refractivity contribution is 6.31. The van der Waals surface area contributed by atoms with Crippen molar-refractivity contribution in [1.29, 1.82) is 0 Å². The minimum atomic E-state index is -4.72. The Hall–Kier alpha value is -3.41. The highest BCUT2D eigenvalue weighted by Crippen LogP contribution is 2.37. The van der Waals surface area contributed by atoms with E-state index in [1.54, 1.807) is 0 Å². The number of carbonyl (C=O) groups excluding carboxylic acids is 1. The number of rotatable bonds is 4. The number of nitro benzene ring substituents is 2. The lowest BCUT2D eigenvalue weighted by molar-refractivity contribution is -0.385. The molecule has 0 bridgehead atoms. The maximum atomic E-state index is 12.9. The molecule has 1 heterocycles. The van der Waals surface area contributed by atoms with Crippen molar-refractivity contribution in [1.82, 2.24) is 4.90 Å². The summed E-state index contributed by atoms with van der Waals surface area (Å²) < 4.78 is 38.7. The van der Waals surface area contributed by atoms with Crippen LogP contribution in [0.1, 0.15) is 15.9 Å².